The van der Waals surface area contributed by atoms with Gasteiger partial charge in [-0.2, -0.15) is 0 Å². The predicted molar refractivity (Wildman–Crippen MR) is 94.8 cm³/mol. The van der Waals surface area contributed by atoms with Gasteiger partial charge in [0.15, 0.2) is 5.78 Å². The predicted octanol–water partition coefficient (Wildman–Crippen LogP) is 4.05. The van der Waals surface area contributed by atoms with Crippen molar-refractivity contribution in [3.8, 4) is 5.75 Å². The van der Waals surface area contributed by atoms with E-state index in [1.165, 1.54) is 12.1 Å². The first-order valence-corrected chi connectivity index (χ1v) is 7.94. The fourth-order valence-electron chi connectivity index (χ4n) is 2.94. The van der Waals surface area contributed by atoms with Crippen molar-refractivity contribution >= 4 is 17.2 Å². The Morgan fingerprint density at radius 2 is 1.76 bits per heavy atom. The van der Waals surface area contributed by atoms with E-state index in [1.807, 2.05) is 24.3 Å². The van der Waals surface area contributed by atoms with Gasteiger partial charge in [0.1, 0.15) is 5.75 Å². The molecule has 0 unspecified atom stereocenters. The maximum absolute atomic E-state index is 12.1. The minimum Gasteiger partial charge on any atom is -0.497 e. The second kappa shape index (κ2) is 7.17. The smallest absolute Gasteiger partial charge is 0.269 e. The Morgan fingerprint density at radius 1 is 1.08 bits per heavy atom. The third kappa shape index (κ3) is 4.03. The first-order chi connectivity index (χ1) is 12.0. The largest absolute Gasteiger partial charge is 0.497 e. The van der Waals surface area contributed by atoms with Crippen LogP contribution in [0, 0.1) is 10.1 Å². The zero-order valence-electron chi connectivity index (χ0n) is 13.8. The molecule has 25 heavy (non-hydrogen) atoms. The van der Waals surface area contributed by atoms with Crippen LogP contribution in [0.1, 0.15) is 24.3 Å². The fraction of sp³-hybridized carbons (Fsp3) is 0.211. The lowest BCUT2D eigenvalue weighted by Crippen LogP contribution is -2.16. The monoisotopic (exact) mass is 338 g/mol. The van der Waals surface area contributed by atoms with E-state index in [-0.39, 0.29) is 17.4 Å². The molecular weight excluding hydrogens is 320 g/mol. The zero-order valence-corrected chi connectivity index (χ0v) is 13.8. The molecule has 0 aliphatic heterocycles. The quantitative estimate of drug-likeness (QED) is 0.657. The van der Waals surface area contributed by atoms with Crippen LogP contribution in [-0.2, 0) is 4.79 Å². The van der Waals surface area contributed by atoms with Gasteiger partial charge >= 0.3 is 0 Å². The van der Waals surface area contributed by atoms with Crippen LogP contribution in [0.5, 0.6) is 5.75 Å². The molecule has 0 spiro atoms. The van der Waals surface area contributed by atoms with Crippen LogP contribution in [0.25, 0.3) is 0 Å². The second-order valence-corrected chi connectivity index (χ2v) is 5.94. The van der Waals surface area contributed by atoms with E-state index in [9.17, 15) is 14.9 Å². The third-order valence-electron chi connectivity index (χ3n) is 4.22. The van der Waals surface area contributed by atoms with Gasteiger partial charge in [-0.15, -0.1) is 0 Å². The first kappa shape index (κ1) is 16.7. The van der Waals surface area contributed by atoms with E-state index in [0.717, 1.165) is 22.7 Å². The number of hydrogen-bond acceptors (Lipinski definition) is 5. The van der Waals surface area contributed by atoms with E-state index < -0.39 is 4.92 Å². The van der Waals surface area contributed by atoms with Crippen molar-refractivity contribution in [1.82, 2.24) is 0 Å². The number of benzene rings is 2. The Labute approximate surface area is 145 Å². The van der Waals surface area contributed by atoms with Crippen molar-refractivity contribution in [2.75, 3.05) is 12.4 Å². The van der Waals surface area contributed by atoms with Gasteiger partial charge in [-0.3, -0.25) is 14.9 Å². The number of ketones is 1. The van der Waals surface area contributed by atoms with Gasteiger partial charge < -0.3 is 10.1 Å². The zero-order chi connectivity index (χ0) is 17.8. The fourth-order valence-corrected chi connectivity index (χ4v) is 2.94. The van der Waals surface area contributed by atoms with Crippen LogP contribution in [0.15, 0.2) is 60.3 Å². The molecule has 0 fully saturated rings. The Kier molecular flexibility index (Phi) is 4.79. The normalized spacial score (nSPS) is 16.9. The summed E-state index contributed by atoms with van der Waals surface area (Å²) in [5.41, 5.74) is 2.66. The molecule has 128 valence electrons. The van der Waals surface area contributed by atoms with Crippen LogP contribution < -0.4 is 10.1 Å². The molecule has 2 aromatic carbocycles. The molecule has 2 aromatic rings. The number of ether oxygens (including phenoxy) is 1. The number of nitrogens with zero attached hydrogens (tertiary/aromatic N) is 1. The average molecular weight is 338 g/mol. The standard InChI is InChI=1S/C19H18N2O4/c1-25-19-8-2-13(3-9-19)14-10-16(12-18(22)11-14)20-15-4-6-17(7-5-15)21(23)24/h2-9,12,14,20H,10-11H2,1H3/t14-/m1/s1. The second-order valence-electron chi connectivity index (χ2n) is 5.94. The summed E-state index contributed by atoms with van der Waals surface area (Å²) in [4.78, 5) is 22.4. The molecule has 0 heterocycles. The summed E-state index contributed by atoms with van der Waals surface area (Å²) in [6.07, 6.45) is 2.79. The molecule has 6 heteroatoms. The van der Waals surface area contributed by atoms with Gasteiger partial charge in [-0.1, -0.05) is 12.1 Å². The van der Waals surface area contributed by atoms with E-state index in [0.29, 0.717) is 12.8 Å². The molecule has 1 aliphatic carbocycles. The molecule has 1 N–H and O–H groups in total. The van der Waals surface area contributed by atoms with Crippen molar-refractivity contribution in [2.24, 2.45) is 0 Å². The first-order valence-electron chi connectivity index (χ1n) is 7.94. The maximum Gasteiger partial charge on any atom is 0.269 e. The molecule has 0 aromatic heterocycles. The number of rotatable bonds is 5. The van der Waals surface area contributed by atoms with Crippen LogP contribution >= 0.6 is 0 Å². The summed E-state index contributed by atoms with van der Waals surface area (Å²) >= 11 is 0. The number of anilines is 1. The molecule has 0 amide bonds. The van der Waals surface area contributed by atoms with E-state index in [1.54, 1.807) is 25.3 Å². The molecule has 1 aliphatic rings. The van der Waals surface area contributed by atoms with Gasteiger partial charge in [0.25, 0.3) is 5.69 Å². The molecular formula is C19H18N2O4. The number of carbonyl (C=O) groups is 1. The van der Waals surface area contributed by atoms with Crippen LogP contribution in [0.4, 0.5) is 11.4 Å². The average Bonchev–Trinajstić information content (AvgIpc) is 2.62. The summed E-state index contributed by atoms with van der Waals surface area (Å²) in [6.45, 7) is 0. The lowest BCUT2D eigenvalue weighted by Gasteiger charge is -2.23. The van der Waals surface area contributed by atoms with Crippen molar-refractivity contribution in [3.63, 3.8) is 0 Å². The van der Waals surface area contributed by atoms with Gasteiger partial charge in [-0.25, -0.2) is 0 Å². The summed E-state index contributed by atoms with van der Waals surface area (Å²) in [6, 6.07) is 13.9. The summed E-state index contributed by atoms with van der Waals surface area (Å²) < 4.78 is 5.17. The van der Waals surface area contributed by atoms with E-state index in [4.69, 9.17) is 4.74 Å². The summed E-state index contributed by atoms with van der Waals surface area (Å²) in [7, 11) is 1.62. The number of methoxy groups -OCH3 is 1. The topological polar surface area (TPSA) is 81.5 Å². The molecule has 0 saturated heterocycles. The number of nitro benzene ring substituents is 1. The highest BCUT2D eigenvalue weighted by Gasteiger charge is 2.22. The van der Waals surface area contributed by atoms with Gasteiger partial charge in [-0.05, 0) is 42.2 Å². The van der Waals surface area contributed by atoms with E-state index in [2.05, 4.69) is 5.32 Å². The third-order valence-corrected chi connectivity index (χ3v) is 4.22. The highest BCUT2D eigenvalue weighted by molar-refractivity contribution is 5.92. The number of carbonyl (C=O) groups excluding carboxylic acids is 1. The summed E-state index contributed by atoms with van der Waals surface area (Å²) in [5.74, 6) is 0.950. The Balaban J connectivity index is 1.73. The molecule has 0 bridgehead atoms. The molecule has 0 saturated carbocycles. The lowest BCUT2D eigenvalue weighted by molar-refractivity contribution is -0.384. The minimum atomic E-state index is -0.438. The summed E-state index contributed by atoms with van der Waals surface area (Å²) in [5, 5.41) is 13.9. The molecule has 6 nitrogen and oxygen atoms in total. The van der Waals surface area contributed by atoms with Gasteiger partial charge in [0.05, 0.1) is 12.0 Å². The Bertz CT molecular complexity index is 810. The van der Waals surface area contributed by atoms with Crippen LogP contribution in [0.3, 0.4) is 0 Å². The molecule has 3 rings (SSSR count). The van der Waals surface area contributed by atoms with Crippen molar-refractivity contribution in [1.29, 1.82) is 0 Å². The molecule has 0 radical (unpaired) electrons. The van der Waals surface area contributed by atoms with Crippen LogP contribution in [0.2, 0.25) is 0 Å². The SMILES string of the molecule is COc1ccc([C@H]2CC(=O)C=C(Nc3ccc([N+](=O)[O-])cc3)C2)cc1. The van der Waals surface area contributed by atoms with Crippen molar-refractivity contribution in [2.45, 2.75) is 18.8 Å². The number of non-ortho nitro benzene ring substituents is 1. The maximum atomic E-state index is 12.1. The highest BCUT2D eigenvalue weighted by Crippen LogP contribution is 2.33. The number of allylic oxidation sites excluding steroid dienone is 2. The number of nitrogens with one attached hydrogen (secondary N) is 1. The van der Waals surface area contributed by atoms with E-state index >= 15 is 0 Å². The Morgan fingerprint density at radius 3 is 2.36 bits per heavy atom. The molecule has 1 atom stereocenters. The van der Waals surface area contributed by atoms with Gasteiger partial charge in [0.2, 0.25) is 0 Å². The highest BCUT2D eigenvalue weighted by atomic mass is 16.6. The van der Waals surface area contributed by atoms with Crippen molar-refractivity contribution in [3.05, 3.63) is 76.0 Å². The Hall–Kier alpha value is -3.15. The van der Waals surface area contributed by atoms with Crippen LogP contribution in [-0.4, -0.2) is 17.8 Å². The minimum absolute atomic E-state index is 0.0374. The number of nitro groups is 1. The van der Waals surface area contributed by atoms with Gasteiger partial charge in [0, 0.05) is 36.0 Å². The number of hydrogen-bond donors (Lipinski definition) is 1. The van der Waals surface area contributed by atoms with Crippen molar-refractivity contribution < 1.29 is 14.5 Å². The lowest BCUT2D eigenvalue weighted by atomic mass is 9.85.